The number of benzene rings is 2. The summed E-state index contributed by atoms with van der Waals surface area (Å²) in [6.07, 6.45) is 1.03. The predicted octanol–water partition coefficient (Wildman–Crippen LogP) is 2.61. The number of hydrogen-bond acceptors (Lipinski definition) is 3. The Morgan fingerprint density at radius 1 is 1.00 bits per heavy atom. The molecule has 23 heavy (non-hydrogen) atoms. The lowest BCUT2D eigenvalue weighted by molar-refractivity contribution is -0.100. The average molecular weight is 312 g/mol. The number of nitrogens with one attached hydrogen (secondary N) is 2. The molecule has 0 spiro atoms. The first kappa shape index (κ1) is 15.5. The van der Waals surface area contributed by atoms with Crippen LogP contribution in [0.3, 0.4) is 0 Å². The first-order valence-electron chi connectivity index (χ1n) is 7.53. The van der Waals surface area contributed by atoms with E-state index in [-0.39, 0.29) is 12.0 Å². The van der Waals surface area contributed by atoms with Gasteiger partial charge in [-0.3, -0.25) is 0 Å². The molecule has 0 amide bonds. The van der Waals surface area contributed by atoms with E-state index in [9.17, 15) is 4.79 Å². The number of hydrogen-bond donors (Lipinski definition) is 2. The summed E-state index contributed by atoms with van der Waals surface area (Å²) in [7, 11) is 3.22. The lowest BCUT2D eigenvalue weighted by Gasteiger charge is -2.14. The molecule has 0 unspecified atom stereocenters. The number of aromatic amines is 2. The molecule has 120 valence electrons. The summed E-state index contributed by atoms with van der Waals surface area (Å²) in [5.41, 5.74) is 4.78. The van der Waals surface area contributed by atoms with Crippen molar-refractivity contribution < 1.29 is 9.47 Å². The molecule has 0 saturated carbocycles. The van der Waals surface area contributed by atoms with Crippen LogP contribution in [-0.2, 0) is 22.3 Å². The Hall–Kier alpha value is -2.37. The van der Waals surface area contributed by atoms with Crippen molar-refractivity contribution in [3.8, 4) is 0 Å². The molecule has 3 aromatic rings. The predicted molar refractivity (Wildman–Crippen MR) is 89.7 cm³/mol. The molecule has 0 saturated heterocycles. The maximum atomic E-state index is 11.7. The Kier molecular flexibility index (Phi) is 4.60. The van der Waals surface area contributed by atoms with E-state index < -0.39 is 0 Å². The summed E-state index contributed by atoms with van der Waals surface area (Å²) in [5, 5.41) is 0. The van der Waals surface area contributed by atoms with Gasteiger partial charge in [-0.2, -0.15) is 0 Å². The van der Waals surface area contributed by atoms with Crippen LogP contribution in [0.2, 0.25) is 0 Å². The highest BCUT2D eigenvalue weighted by Gasteiger charge is 2.13. The minimum atomic E-state index is -0.344. The summed E-state index contributed by atoms with van der Waals surface area (Å²) in [6.45, 7) is 0. The van der Waals surface area contributed by atoms with Crippen LogP contribution in [0.15, 0.2) is 47.3 Å². The first-order chi connectivity index (χ1) is 11.2. The van der Waals surface area contributed by atoms with Crippen LogP contribution in [-0.4, -0.2) is 30.5 Å². The number of methoxy groups -OCH3 is 2. The molecule has 0 atom stereocenters. The molecule has 0 aliphatic carbocycles. The van der Waals surface area contributed by atoms with Crippen molar-refractivity contribution in [2.24, 2.45) is 0 Å². The van der Waals surface area contributed by atoms with Gasteiger partial charge in [0.05, 0.1) is 11.0 Å². The molecular weight excluding hydrogens is 292 g/mol. The van der Waals surface area contributed by atoms with Gasteiger partial charge in [0.25, 0.3) is 0 Å². The summed E-state index contributed by atoms with van der Waals surface area (Å²) in [6, 6.07) is 14.4. The Morgan fingerprint density at radius 2 is 1.74 bits per heavy atom. The summed E-state index contributed by atoms with van der Waals surface area (Å²) < 4.78 is 10.6. The second kappa shape index (κ2) is 6.81. The molecule has 1 aromatic heterocycles. The largest absolute Gasteiger partial charge is 0.356 e. The van der Waals surface area contributed by atoms with Gasteiger partial charge in [0.2, 0.25) is 0 Å². The zero-order valence-electron chi connectivity index (χ0n) is 13.3. The second-order valence-corrected chi connectivity index (χ2v) is 5.52. The van der Waals surface area contributed by atoms with Crippen molar-refractivity contribution in [2.45, 2.75) is 19.1 Å². The molecule has 5 nitrogen and oxygen atoms in total. The van der Waals surface area contributed by atoms with Crippen LogP contribution in [0.4, 0.5) is 0 Å². The van der Waals surface area contributed by atoms with Gasteiger partial charge in [-0.15, -0.1) is 0 Å². The molecule has 1 heterocycles. The second-order valence-electron chi connectivity index (χ2n) is 5.52. The van der Waals surface area contributed by atoms with E-state index in [2.05, 4.69) is 28.2 Å². The van der Waals surface area contributed by atoms with E-state index in [0.717, 1.165) is 28.6 Å². The maximum Gasteiger partial charge on any atom is 0.323 e. The SMILES string of the molecule is COC(Cc1cc(Cc2ccccc2)cc2[nH]c(=O)[nH]c12)OC. The monoisotopic (exact) mass is 312 g/mol. The molecule has 0 aliphatic rings. The third-order valence-electron chi connectivity index (χ3n) is 3.93. The number of aromatic nitrogens is 2. The number of fused-ring (bicyclic) bond motifs is 1. The normalized spacial score (nSPS) is 11.4. The Morgan fingerprint density at radius 3 is 2.43 bits per heavy atom. The standard InChI is InChI=1S/C18H20N2O3/c1-22-16(23-2)11-14-9-13(8-12-6-4-3-5-7-12)10-15-17(14)20-18(21)19-15/h3-7,9-10,16H,8,11H2,1-2H3,(H2,19,20,21). The lowest BCUT2D eigenvalue weighted by Crippen LogP contribution is -2.16. The molecule has 2 N–H and O–H groups in total. The fourth-order valence-electron chi connectivity index (χ4n) is 2.82. The van der Waals surface area contributed by atoms with Crippen LogP contribution < -0.4 is 5.69 Å². The van der Waals surface area contributed by atoms with E-state index in [1.54, 1.807) is 14.2 Å². The van der Waals surface area contributed by atoms with Gasteiger partial charge in [-0.05, 0) is 29.2 Å². The van der Waals surface area contributed by atoms with Crippen molar-refractivity contribution in [1.29, 1.82) is 0 Å². The lowest BCUT2D eigenvalue weighted by atomic mass is 10.00. The Bertz CT molecular complexity index is 832. The maximum absolute atomic E-state index is 11.7. The average Bonchev–Trinajstić information content (AvgIpc) is 2.94. The van der Waals surface area contributed by atoms with Crippen molar-refractivity contribution in [3.63, 3.8) is 0 Å². The van der Waals surface area contributed by atoms with Crippen molar-refractivity contribution in [2.75, 3.05) is 14.2 Å². The molecule has 0 aliphatic heterocycles. The number of rotatable bonds is 6. The molecule has 0 fully saturated rings. The minimum Gasteiger partial charge on any atom is -0.356 e. The number of ether oxygens (including phenoxy) is 2. The van der Waals surface area contributed by atoms with Gasteiger partial charge in [0.1, 0.15) is 0 Å². The molecule has 0 radical (unpaired) electrons. The van der Waals surface area contributed by atoms with Gasteiger partial charge >= 0.3 is 5.69 Å². The van der Waals surface area contributed by atoms with E-state index in [4.69, 9.17) is 9.47 Å². The van der Waals surface area contributed by atoms with Crippen molar-refractivity contribution in [3.05, 3.63) is 69.6 Å². The van der Waals surface area contributed by atoms with Gasteiger partial charge in [0.15, 0.2) is 6.29 Å². The topological polar surface area (TPSA) is 67.1 Å². The van der Waals surface area contributed by atoms with Crippen LogP contribution >= 0.6 is 0 Å². The summed E-state index contributed by atoms with van der Waals surface area (Å²) in [4.78, 5) is 17.4. The quantitative estimate of drug-likeness (QED) is 0.688. The van der Waals surface area contributed by atoms with Crippen LogP contribution in [0.25, 0.3) is 11.0 Å². The molecule has 0 bridgehead atoms. The van der Waals surface area contributed by atoms with E-state index in [0.29, 0.717) is 6.42 Å². The zero-order valence-corrected chi connectivity index (χ0v) is 13.3. The third kappa shape index (κ3) is 3.52. The van der Waals surface area contributed by atoms with Crippen LogP contribution in [0, 0.1) is 0 Å². The summed E-state index contributed by atoms with van der Waals surface area (Å²) in [5.74, 6) is 0. The van der Waals surface area contributed by atoms with Crippen LogP contribution in [0.5, 0.6) is 0 Å². The van der Waals surface area contributed by atoms with Gasteiger partial charge in [-0.25, -0.2) is 4.79 Å². The fourth-order valence-corrected chi connectivity index (χ4v) is 2.82. The van der Waals surface area contributed by atoms with Crippen LogP contribution in [0.1, 0.15) is 16.7 Å². The highest BCUT2D eigenvalue weighted by Crippen LogP contribution is 2.21. The molecule has 5 heteroatoms. The van der Waals surface area contributed by atoms with Crippen molar-refractivity contribution in [1.82, 2.24) is 9.97 Å². The zero-order chi connectivity index (χ0) is 16.2. The molecule has 3 rings (SSSR count). The van der Waals surface area contributed by atoms with E-state index in [1.807, 2.05) is 24.3 Å². The van der Waals surface area contributed by atoms with Gasteiger partial charge in [-0.1, -0.05) is 36.4 Å². The molecule has 2 aromatic carbocycles. The Balaban J connectivity index is 2.00. The van der Waals surface area contributed by atoms with Gasteiger partial charge < -0.3 is 19.4 Å². The third-order valence-corrected chi connectivity index (χ3v) is 3.93. The Labute approximate surface area is 134 Å². The number of H-pyrrole nitrogens is 2. The highest BCUT2D eigenvalue weighted by molar-refractivity contribution is 5.79. The fraction of sp³-hybridized carbons (Fsp3) is 0.278. The highest BCUT2D eigenvalue weighted by atomic mass is 16.7. The first-order valence-corrected chi connectivity index (χ1v) is 7.53. The number of imidazole rings is 1. The van der Waals surface area contributed by atoms with Crippen molar-refractivity contribution >= 4 is 11.0 Å². The van der Waals surface area contributed by atoms with Gasteiger partial charge in [0, 0.05) is 20.6 Å². The van der Waals surface area contributed by atoms with E-state index >= 15 is 0 Å². The van der Waals surface area contributed by atoms with E-state index in [1.165, 1.54) is 5.56 Å². The molecular formula is C18H20N2O3. The summed E-state index contributed by atoms with van der Waals surface area (Å²) >= 11 is 0. The smallest absolute Gasteiger partial charge is 0.323 e. The minimum absolute atomic E-state index is 0.204.